The van der Waals surface area contributed by atoms with Crippen LogP contribution in [0.3, 0.4) is 0 Å². The smallest absolute Gasteiger partial charge is 0.253 e. The molecule has 6 rings (SSSR count). The minimum Gasteiger partial charge on any atom is -0.342 e. The lowest BCUT2D eigenvalue weighted by atomic mass is 9.77. The number of aromatic nitrogens is 4. The van der Waals surface area contributed by atoms with E-state index in [1.165, 1.54) is 30.4 Å². The van der Waals surface area contributed by atoms with Crippen molar-refractivity contribution in [3.8, 4) is 11.3 Å². The molecule has 1 aliphatic carbocycles. The number of piperidine rings is 1. The van der Waals surface area contributed by atoms with Crippen LogP contribution in [0.15, 0.2) is 48.8 Å². The molecule has 0 radical (unpaired) electrons. The number of nitrogens with one attached hydrogen (secondary N) is 1. The van der Waals surface area contributed by atoms with Gasteiger partial charge in [-0.3, -0.25) is 4.79 Å². The number of pyridine rings is 1. The Hall–Kier alpha value is -3.41. The van der Waals surface area contributed by atoms with Crippen molar-refractivity contribution in [1.29, 1.82) is 0 Å². The molecule has 1 amide bonds. The van der Waals surface area contributed by atoms with E-state index < -0.39 is 0 Å². The van der Waals surface area contributed by atoms with Gasteiger partial charge in [0, 0.05) is 36.6 Å². The lowest BCUT2D eigenvalue weighted by Gasteiger charge is -2.33. The summed E-state index contributed by atoms with van der Waals surface area (Å²) in [5, 5.41) is 4.29. The van der Waals surface area contributed by atoms with E-state index in [1.807, 2.05) is 47.8 Å². The summed E-state index contributed by atoms with van der Waals surface area (Å²) in [7, 11) is 0. The number of aryl methyl sites for hydroxylation is 2. The summed E-state index contributed by atoms with van der Waals surface area (Å²) >= 11 is 0. The van der Waals surface area contributed by atoms with Crippen LogP contribution >= 0.6 is 0 Å². The zero-order valence-corrected chi connectivity index (χ0v) is 19.9. The normalized spacial score (nSPS) is 17.3. The Balaban J connectivity index is 1.22. The van der Waals surface area contributed by atoms with E-state index in [0.29, 0.717) is 11.8 Å². The predicted octanol–water partition coefficient (Wildman–Crippen LogP) is 5.63. The number of likely N-dealkylation sites (tertiary alicyclic amines) is 1. The van der Waals surface area contributed by atoms with Crippen molar-refractivity contribution < 1.29 is 4.79 Å². The van der Waals surface area contributed by atoms with Crippen LogP contribution in [-0.2, 0) is 0 Å². The molecule has 1 aromatic carbocycles. The Morgan fingerprint density at radius 3 is 2.53 bits per heavy atom. The molecule has 1 aliphatic heterocycles. The van der Waals surface area contributed by atoms with E-state index in [-0.39, 0.29) is 5.91 Å². The maximum Gasteiger partial charge on any atom is 0.253 e. The number of hydrogen-bond acceptors (Lipinski definition) is 3. The molecule has 0 atom stereocenters. The number of nitrogens with zero attached hydrogens (tertiary/aromatic N) is 4. The van der Waals surface area contributed by atoms with Crippen LogP contribution in [0.2, 0.25) is 0 Å². The first-order valence-electron chi connectivity index (χ1n) is 12.5. The Labute approximate surface area is 200 Å². The standard InChI is InChI=1S/C28H31N5O/c1-18-27(31-19(2)30-18)26-17-23(6-7-25(26)21-4-3-5-21)28(34)32-13-9-20(10-14-32)22-11-15-33-24(16-22)8-12-29-33/h6-8,11-12,15-17,20-21H,3-5,9-10,13-14H2,1-2H3,(H,30,31). The van der Waals surface area contributed by atoms with Gasteiger partial charge in [0.25, 0.3) is 5.91 Å². The van der Waals surface area contributed by atoms with Gasteiger partial charge < -0.3 is 9.88 Å². The zero-order chi connectivity index (χ0) is 23.2. The van der Waals surface area contributed by atoms with E-state index in [4.69, 9.17) is 0 Å². The Bertz CT molecular complexity index is 1350. The van der Waals surface area contributed by atoms with Crippen LogP contribution in [0, 0.1) is 13.8 Å². The van der Waals surface area contributed by atoms with Crippen LogP contribution in [0.5, 0.6) is 0 Å². The van der Waals surface area contributed by atoms with Crippen molar-refractivity contribution in [2.45, 2.75) is 57.8 Å². The fourth-order valence-corrected chi connectivity index (χ4v) is 5.64. The monoisotopic (exact) mass is 453 g/mol. The second kappa shape index (κ2) is 8.42. The van der Waals surface area contributed by atoms with Gasteiger partial charge in [0.1, 0.15) is 5.82 Å². The van der Waals surface area contributed by atoms with Crippen LogP contribution in [0.1, 0.15) is 76.9 Å². The highest BCUT2D eigenvalue weighted by Gasteiger charge is 2.28. The summed E-state index contributed by atoms with van der Waals surface area (Å²) < 4.78 is 1.90. The molecule has 4 heterocycles. The van der Waals surface area contributed by atoms with Crippen LogP contribution < -0.4 is 0 Å². The highest BCUT2D eigenvalue weighted by atomic mass is 16.2. The molecule has 2 aliphatic rings. The summed E-state index contributed by atoms with van der Waals surface area (Å²) in [6.45, 7) is 5.61. The lowest BCUT2D eigenvalue weighted by molar-refractivity contribution is 0.0713. The Morgan fingerprint density at radius 1 is 1.00 bits per heavy atom. The Kier molecular flexibility index (Phi) is 5.24. The molecule has 1 saturated heterocycles. The molecular weight excluding hydrogens is 422 g/mol. The van der Waals surface area contributed by atoms with E-state index in [1.54, 1.807) is 0 Å². The second-order valence-electron chi connectivity index (χ2n) is 9.94. The number of amides is 1. The van der Waals surface area contributed by atoms with Crippen molar-refractivity contribution in [3.63, 3.8) is 0 Å². The number of H-pyrrole nitrogens is 1. The molecule has 0 unspecified atom stereocenters. The molecule has 0 spiro atoms. The average Bonchev–Trinajstić information content (AvgIpc) is 3.42. The Morgan fingerprint density at radius 2 is 1.82 bits per heavy atom. The third-order valence-corrected chi connectivity index (χ3v) is 7.79. The minimum atomic E-state index is 0.139. The molecule has 4 aromatic rings. The molecule has 174 valence electrons. The maximum atomic E-state index is 13.5. The number of imidazole rings is 1. The molecule has 6 heteroatoms. The first kappa shape index (κ1) is 21.1. The number of benzene rings is 1. The van der Waals surface area contributed by atoms with Gasteiger partial charge >= 0.3 is 0 Å². The second-order valence-corrected chi connectivity index (χ2v) is 9.94. The van der Waals surface area contributed by atoms with Crippen molar-refractivity contribution in [2.75, 3.05) is 13.1 Å². The number of carbonyl (C=O) groups is 1. The molecule has 6 nitrogen and oxygen atoms in total. The topological polar surface area (TPSA) is 66.3 Å². The number of hydrogen-bond donors (Lipinski definition) is 1. The van der Waals surface area contributed by atoms with Crippen LogP contribution in [-0.4, -0.2) is 43.5 Å². The zero-order valence-electron chi connectivity index (χ0n) is 19.9. The third kappa shape index (κ3) is 3.71. The van der Waals surface area contributed by atoms with Crippen molar-refractivity contribution in [2.24, 2.45) is 0 Å². The van der Waals surface area contributed by atoms with Gasteiger partial charge in [0.2, 0.25) is 0 Å². The third-order valence-electron chi connectivity index (χ3n) is 7.79. The number of aromatic amines is 1. The first-order valence-corrected chi connectivity index (χ1v) is 12.5. The largest absolute Gasteiger partial charge is 0.342 e. The molecule has 3 aromatic heterocycles. The van der Waals surface area contributed by atoms with Crippen molar-refractivity contribution >= 4 is 11.4 Å². The fourth-order valence-electron chi connectivity index (χ4n) is 5.64. The SMILES string of the molecule is Cc1nc(C)c(-c2cc(C(=O)N3CCC(c4ccn5nccc5c4)CC3)ccc2C2CCC2)[nH]1. The quantitative estimate of drug-likeness (QED) is 0.436. The highest BCUT2D eigenvalue weighted by Crippen LogP contribution is 2.42. The van der Waals surface area contributed by atoms with E-state index in [9.17, 15) is 4.79 Å². The van der Waals surface area contributed by atoms with Gasteiger partial charge in [-0.1, -0.05) is 12.5 Å². The number of fused-ring (bicyclic) bond motifs is 1. The number of carbonyl (C=O) groups excluding carboxylic acids is 1. The van der Waals surface area contributed by atoms with Gasteiger partial charge in [0.15, 0.2) is 0 Å². The number of rotatable bonds is 4. The summed E-state index contributed by atoms with van der Waals surface area (Å²) in [4.78, 5) is 23.6. The molecule has 1 N–H and O–H groups in total. The summed E-state index contributed by atoms with van der Waals surface area (Å²) in [5.41, 5.74) is 7.81. The van der Waals surface area contributed by atoms with Gasteiger partial charge in [-0.05, 0) is 92.8 Å². The highest BCUT2D eigenvalue weighted by molar-refractivity contribution is 5.96. The molecule has 34 heavy (non-hydrogen) atoms. The maximum absolute atomic E-state index is 13.5. The van der Waals surface area contributed by atoms with Crippen LogP contribution in [0.4, 0.5) is 0 Å². The lowest BCUT2D eigenvalue weighted by Crippen LogP contribution is -2.38. The fraction of sp³-hybridized carbons (Fsp3) is 0.393. The van der Waals surface area contributed by atoms with Gasteiger partial charge in [-0.25, -0.2) is 9.50 Å². The minimum absolute atomic E-state index is 0.139. The van der Waals surface area contributed by atoms with Crippen molar-refractivity contribution in [3.05, 3.63) is 77.0 Å². The molecule has 1 saturated carbocycles. The van der Waals surface area contributed by atoms with Gasteiger partial charge in [-0.2, -0.15) is 5.10 Å². The average molecular weight is 454 g/mol. The first-order chi connectivity index (χ1) is 16.6. The van der Waals surface area contributed by atoms with E-state index >= 15 is 0 Å². The predicted molar refractivity (Wildman–Crippen MR) is 133 cm³/mol. The molecule has 2 fully saturated rings. The molecular formula is C28H31N5O. The van der Waals surface area contributed by atoms with E-state index in [0.717, 1.165) is 59.8 Å². The van der Waals surface area contributed by atoms with Gasteiger partial charge in [0.05, 0.1) is 16.9 Å². The van der Waals surface area contributed by atoms with Crippen molar-refractivity contribution in [1.82, 2.24) is 24.5 Å². The van der Waals surface area contributed by atoms with Crippen LogP contribution in [0.25, 0.3) is 16.8 Å². The van der Waals surface area contributed by atoms with Gasteiger partial charge in [-0.15, -0.1) is 0 Å². The summed E-state index contributed by atoms with van der Waals surface area (Å²) in [6, 6.07) is 12.8. The molecule has 0 bridgehead atoms. The van der Waals surface area contributed by atoms with E-state index in [2.05, 4.69) is 39.3 Å². The summed E-state index contributed by atoms with van der Waals surface area (Å²) in [6.07, 6.45) is 9.58. The summed E-state index contributed by atoms with van der Waals surface area (Å²) in [5.74, 6) is 2.13.